The molecule has 0 spiro atoms. The molecule has 0 fully saturated rings. The Morgan fingerprint density at radius 1 is 1.58 bits per heavy atom. The summed E-state index contributed by atoms with van der Waals surface area (Å²) < 4.78 is 0. The molecule has 1 aromatic rings. The molecule has 0 aliphatic rings. The van der Waals surface area contributed by atoms with Crippen molar-refractivity contribution in [3.8, 4) is 0 Å². The Morgan fingerprint density at radius 2 is 2.42 bits per heavy atom. The van der Waals surface area contributed by atoms with Crippen molar-refractivity contribution in [3.05, 3.63) is 30.1 Å². The SMILES string of the molecule is CC(CBr)CCc1cccnc1. The second kappa shape index (κ2) is 5.31. The van der Waals surface area contributed by atoms with Gasteiger partial charge in [0, 0.05) is 17.7 Å². The van der Waals surface area contributed by atoms with Crippen LogP contribution in [0.4, 0.5) is 0 Å². The highest BCUT2D eigenvalue weighted by Gasteiger charge is 1.99. The van der Waals surface area contributed by atoms with E-state index in [0.29, 0.717) is 0 Å². The van der Waals surface area contributed by atoms with Gasteiger partial charge in [-0.15, -0.1) is 0 Å². The number of aromatic nitrogens is 1. The molecule has 0 aromatic carbocycles. The smallest absolute Gasteiger partial charge is 0.0299 e. The van der Waals surface area contributed by atoms with Crippen LogP contribution in [0, 0.1) is 5.92 Å². The number of alkyl halides is 1. The van der Waals surface area contributed by atoms with E-state index in [1.54, 1.807) is 0 Å². The van der Waals surface area contributed by atoms with Crippen molar-refractivity contribution < 1.29 is 0 Å². The average molecular weight is 228 g/mol. The molecule has 1 nitrogen and oxygen atoms in total. The second-order valence-electron chi connectivity index (χ2n) is 3.16. The number of hydrogen-bond donors (Lipinski definition) is 0. The minimum Gasteiger partial charge on any atom is -0.264 e. The Kier molecular flexibility index (Phi) is 4.30. The summed E-state index contributed by atoms with van der Waals surface area (Å²) in [6.07, 6.45) is 6.13. The minimum absolute atomic E-state index is 0.755. The highest BCUT2D eigenvalue weighted by Crippen LogP contribution is 2.10. The first-order chi connectivity index (χ1) is 5.83. The predicted molar refractivity (Wildman–Crippen MR) is 55.5 cm³/mol. The molecule has 0 amide bonds. The van der Waals surface area contributed by atoms with Gasteiger partial charge in [0.25, 0.3) is 0 Å². The van der Waals surface area contributed by atoms with E-state index in [1.165, 1.54) is 12.0 Å². The van der Waals surface area contributed by atoms with Crippen molar-refractivity contribution in [1.82, 2.24) is 4.98 Å². The average Bonchev–Trinajstić information content (AvgIpc) is 2.16. The van der Waals surface area contributed by atoms with Gasteiger partial charge in [0.1, 0.15) is 0 Å². The van der Waals surface area contributed by atoms with E-state index in [0.717, 1.165) is 17.7 Å². The number of pyridine rings is 1. The summed E-state index contributed by atoms with van der Waals surface area (Å²) in [6, 6.07) is 4.13. The van der Waals surface area contributed by atoms with Gasteiger partial charge in [-0.05, 0) is 30.4 Å². The van der Waals surface area contributed by atoms with Gasteiger partial charge in [-0.25, -0.2) is 0 Å². The van der Waals surface area contributed by atoms with Crippen LogP contribution < -0.4 is 0 Å². The Hall–Kier alpha value is -0.370. The van der Waals surface area contributed by atoms with Crippen molar-refractivity contribution in [1.29, 1.82) is 0 Å². The topological polar surface area (TPSA) is 12.9 Å². The third-order valence-corrected chi connectivity index (χ3v) is 3.02. The van der Waals surface area contributed by atoms with E-state index in [-0.39, 0.29) is 0 Å². The van der Waals surface area contributed by atoms with Gasteiger partial charge in [-0.1, -0.05) is 28.9 Å². The molecule has 0 aliphatic carbocycles. The fourth-order valence-electron chi connectivity index (χ4n) is 1.04. The Labute approximate surface area is 82.3 Å². The zero-order valence-electron chi connectivity index (χ0n) is 7.33. The standard InChI is InChI=1S/C10H14BrN/c1-9(7-11)4-5-10-3-2-6-12-8-10/h2-3,6,8-9H,4-5,7H2,1H3. The summed E-state index contributed by atoms with van der Waals surface area (Å²) in [4.78, 5) is 4.08. The molecule has 0 radical (unpaired) electrons. The molecule has 0 saturated heterocycles. The summed E-state index contributed by atoms with van der Waals surface area (Å²) in [5.41, 5.74) is 1.34. The number of aryl methyl sites for hydroxylation is 1. The number of nitrogens with zero attached hydrogens (tertiary/aromatic N) is 1. The third-order valence-electron chi connectivity index (χ3n) is 1.91. The zero-order chi connectivity index (χ0) is 8.81. The Morgan fingerprint density at radius 3 is 3.00 bits per heavy atom. The summed E-state index contributed by atoms with van der Waals surface area (Å²) in [5.74, 6) is 0.755. The Bertz CT molecular complexity index is 210. The zero-order valence-corrected chi connectivity index (χ0v) is 8.92. The van der Waals surface area contributed by atoms with Gasteiger partial charge in [0.15, 0.2) is 0 Å². The molecule has 0 bridgehead atoms. The van der Waals surface area contributed by atoms with Gasteiger partial charge in [0.2, 0.25) is 0 Å². The minimum atomic E-state index is 0.755. The van der Waals surface area contributed by atoms with Crippen LogP contribution in [0.1, 0.15) is 18.9 Å². The number of hydrogen-bond acceptors (Lipinski definition) is 1. The maximum atomic E-state index is 4.08. The molecule has 1 unspecified atom stereocenters. The second-order valence-corrected chi connectivity index (χ2v) is 3.81. The van der Waals surface area contributed by atoms with E-state index in [9.17, 15) is 0 Å². The summed E-state index contributed by atoms with van der Waals surface area (Å²) in [5, 5.41) is 1.09. The van der Waals surface area contributed by atoms with E-state index < -0.39 is 0 Å². The van der Waals surface area contributed by atoms with Crippen LogP contribution in [-0.2, 0) is 6.42 Å². The number of rotatable bonds is 4. The number of halogens is 1. The lowest BCUT2D eigenvalue weighted by Crippen LogP contribution is -1.98. The van der Waals surface area contributed by atoms with Crippen LogP contribution in [0.5, 0.6) is 0 Å². The third kappa shape index (κ3) is 3.35. The molecule has 2 heteroatoms. The highest BCUT2D eigenvalue weighted by molar-refractivity contribution is 9.09. The molecule has 1 rings (SSSR count). The summed E-state index contributed by atoms with van der Waals surface area (Å²) in [6.45, 7) is 2.26. The molecule has 1 atom stereocenters. The first kappa shape index (κ1) is 9.72. The predicted octanol–water partition coefficient (Wildman–Crippen LogP) is 3.05. The van der Waals surface area contributed by atoms with E-state index in [1.807, 2.05) is 18.5 Å². The van der Waals surface area contributed by atoms with Gasteiger partial charge < -0.3 is 0 Å². The fraction of sp³-hybridized carbons (Fsp3) is 0.500. The van der Waals surface area contributed by atoms with Crippen LogP contribution in [0.2, 0.25) is 0 Å². The molecule has 1 heterocycles. The Balaban J connectivity index is 2.33. The summed E-state index contributed by atoms with van der Waals surface area (Å²) in [7, 11) is 0. The van der Waals surface area contributed by atoms with Crippen LogP contribution in [0.3, 0.4) is 0 Å². The van der Waals surface area contributed by atoms with E-state index in [4.69, 9.17) is 0 Å². The molecule has 66 valence electrons. The molecule has 12 heavy (non-hydrogen) atoms. The molecular formula is C10H14BrN. The lowest BCUT2D eigenvalue weighted by molar-refractivity contribution is 0.599. The fourth-order valence-corrected chi connectivity index (χ4v) is 1.36. The van der Waals surface area contributed by atoms with Crippen molar-refractivity contribution in [2.75, 3.05) is 5.33 Å². The molecule has 0 N–H and O–H groups in total. The largest absolute Gasteiger partial charge is 0.264 e. The summed E-state index contributed by atoms with van der Waals surface area (Å²) >= 11 is 3.47. The van der Waals surface area contributed by atoms with Gasteiger partial charge >= 0.3 is 0 Å². The molecule has 1 aromatic heterocycles. The first-order valence-corrected chi connectivity index (χ1v) is 5.40. The van der Waals surface area contributed by atoms with Gasteiger partial charge in [0.05, 0.1) is 0 Å². The van der Waals surface area contributed by atoms with Crippen LogP contribution >= 0.6 is 15.9 Å². The van der Waals surface area contributed by atoms with Crippen LogP contribution in [0.15, 0.2) is 24.5 Å². The van der Waals surface area contributed by atoms with E-state index >= 15 is 0 Å². The quantitative estimate of drug-likeness (QED) is 0.722. The highest BCUT2D eigenvalue weighted by atomic mass is 79.9. The van der Waals surface area contributed by atoms with Crippen molar-refractivity contribution in [2.45, 2.75) is 19.8 Å². The van der Waals surface area contributed by atoms with Gasteiger partial charge in [-0.2, -0.15) is 0 Å². The monoisotopic (exact) mass is 227 g/mol. The molecule has 0 saturated carbocycles. The molecular weight excluding hydrogens is 214 g/mol. The lowest BCUT2D eigenvalue weighted by Gasteiger charge is -2.05. The van der Waals surface area contributed by atoms with Crippen LogP contribution in [0.25, 0.3) is 0 Å². The maximum absolute atomic E-state index is 4.08. The van der Waals surface area contributed by atoms with Crippen LogP contribution in [-0.4, -0.2) is 10.3 Å². The lowest BCUT2D eigenvalue weighted by atomic mass is 10.0. The van der Waals surface area contributed by atoms with E-state index in [2.05, 4.69) is 33.9 Å². The first-order valence-electron chi connectivity index (χ1n) is 4.28. The normalized spacial score (nSPS) is 12.8. The van der Waals surface area contributed by atoms with Gasteiger partial charge in [-0.3, -0.25) is 4.98 Å². The maximum Gasteiger partial charge on any atom is 0.0299 e. The van der Waals surface area contributed by atoms with Crippen molar-refractivity contribution >= 4 is 15.9 Å². The van der Waals surface area contributed by atoms with Crippen molar-refractivity contribution in [2.24, 2.45) is 5.92 Å². The van der Waals surface area contributed by atoms with Crippen molar-refractivity contribution in [3.63, 3.8) is 0 Å². The molecule has 0 aliphatic heterocycles.